The van der Waals surface area contributed by atoms with Gasteiger partial charge in [0.25, 0.3) is 40.1 Å². The SMILES string of the molecule is CC[C@@H](c1cc(S(=O)(=O)NC(=O)Nc2c3c(cc4c2CCC4)CCC3)nn1C)N(C)C.CC[C@H](c1cc(S(=O)(=O)NC(=O)Nc2c3c(cc4c2CCC4)CCC3)nn1C)N(C)C.C[C@@H](c1cc(S(=O)(=O)NC(=O)Nc2c3c(cc4c2CCC4)CCC3)nn1C)N(C)C.C[C@H](c1cc(S(=O)(=O)NC(=O)Nc2c3c(cc4c2CCC4)CCC3)nn1C)N(C)C. The lowest BCUT2D eigenvalue weighted by molar-refractivity contribution is 0.255. The predicted octanol–water partition coefficient (Wildman–Crippen LogP) is 10.9. The number of hydrogen-bond donors (Lipinski definition) is 8. The number of carbonyl (C=O) groups is 4. The summed E-state index contributed by atoms with van der Waals surface area (Å²) in [6.07, 6.45) is 25.5. The first-order valence-electron chi connectivity index (χ1n) is 42.6. The van der Waals surface area contributed by atoms with Crippen molar-refractivity contribution in [2.24, 2.45) is 28.2 Å². The largest absolute Gasteiger partial charge is 0.333 e. The van der Waals surface area contributed by atoms with Crippen LogP contribution in [0.2, 0.25) is 0 Å². The summed E-state index contributed by atoms with van der Waals surface area (Å²) in [4.78, 5) is 58.8. The van der Waals surface area contributed by atoms with E-state index in [4.69, 9.17) is 0 Å². The molecule has 4 aromatic heterocycles. The average molecular weight is 1750 g/mol. The molecule has 8 aliphatic carbocycles. The summed E-state index contributed by atoms with van der Waals surface area (Å²) < 4.78 is 118. The van der Waals surface area contributed by atoms with Gasteiger partial charge in [-0.1, -0.05) is 38.1 Å². The molecule has 0 unspecified atom stereocenters. The Kier molecular flexibility index (Phi) is 27.1. The molecule has 0 saturated heterocycles. The van der Waals surface area contributed by atoms with Crippen LogP contribution < -0.4 is 40.2 Å². The summed E-state index contributed by atoms with van der Waals surface area (Å²) in [5, 5.41) is 27.4. The molecule has 4 heterocycles. The number of sulfonamides is 4. The summed E-state index contributed by atoms with van der Waals surface area (Å²) in [5.41, 5.74) is 25.8. The molecule has 36 heteroatoms. The summed E-state index contributed by atoms with van der Waals surface area (Å²) >= 11 is 0. The van der Waals surface area contributed by atoms with E-state index in [0.29, 0.717) is 0 Å². The minimum absolute atomic E-state index is 0.0187. The van der Waals surface area contributed by atoms with Crippen molar-refractivity contribution in [1.29, 1.82) is 0 Å². The Labute approximate surface area is 718 Å². The number of benzene rings is 4. The van der Waals surface area contributed by atoms with Crippen molar-refractivity contribution >= 4 is 87.0 Å². The van der Waals surface area contributed by atoms with Gasteiger partial charge in [-0.2, -0.15) is 54.1 Å². The molecular weight excluding hydrogens is 1630 g/mol. The van der Waals surface area contributed by atoms with Gasteiger partial charge in [0, 0.05) is 87.3 Å². The van der Waals surface area contributed by atoms with E-state index >= 15 is 0 Å². The highest BCUT2D eigenvalue weighted by atomic mass is 32.2. The van der Waals surface area contributed by atoms with Gasteiger partial charge in [0.2, 0.25) is 0 Å². The second-order valence-electron chi connectivity index (χ2n) is 34.4. The van der Waals surface area contributed by atoms with Crippen LogP contribution >= 0.6 is 0 Å². The first-order valence-corrected chi connectivity index (χ1v) is 48.5. The van der Waals surface area contributed by atoms with E-state index in [1.165, 1.54) is 66.0 Å². The van der Waals surface area contributed by atoms with Crippen molar-refractivity contribution in [2.75, 3.05) is 77.6 Å². The molecule has 8 aromatic rings. The van der Waals surface area contributed by atoms with Gasteiger partial charge in [-0.15, -0.1) is 0 Å². The van der Waals surface area contributed by atoms with Crippen LogP contribution in [-0.4, -0.2) is 173 Å². The number of rotatable bonds is 22. The Morgan fingerprint density at radius 3 is 0.656 bits per heavy atom. The molecule has 0 bridgehead atoms. The summed E-state index contributed by atoms with van der Waals surface area (Å²) in [6, 6.07) is 12.3. The third-order valence-corrected chi connectivity index (χ3v) is 30.4. The Bertz CT molecular complexity index is 5380. The van der Waals surface area contributed by atoms with E-state index in [1.807, 2.05) is 104 Å². The molecule has 4 aromatic carbocycles. The number of anilines is 4. The fourth-order valence-corrected chi connectivity index (χ4v) is 22.7. The van der Waals surface area contributed by atoms with Crippen LogP contribution in [0.1, 0.15) is 228 Å². The van der Waals surface area contributed by atoms with E-state index in [0.717, 1.165) is 257 Å². The van der Waals surface area contributed by atoms with Crippen LogP contribution in [0.3, 0.4) is 0 Å². The molecule has 122 heavy (non-hydrogen) atoms. The third kappa shape index (κ3) is 19.2. The summed E-state index contributed by atoms with van der Waals surface area (Å²) in [6.45, 7) is 8.00. The van der Waals surface area contributed by atoms with Crippen LogP contribution in [0.5, 0.6) is 0 Å². The molecule has 16 rings (SSSR count). The number of amides is 8. The van der Waals surface area contributed by atoms with Crippen molar-refractivity contribution in [3.63, 3.8) is 0 Å². The van der Waals surface area contributed by atoms with Gasteiger partial charge >= 0.3 is 24.1 Å². The Morgan fingerprint density at radius 2 is 0.484 bits per heavy atom. The topological polar surface area (TPSA) is 385 Å². The number of urea groups is 4. The molecule has 32 nitrogen and oxygen atoms in total. The Hall–Kier alpha value is -9.56. The molecule has 0 aliphatic heterocycles. The molecule has 660 valence electrons. The maximum atomic E-state index is 12.9. The second kappa shape index (κ2) is 36.7. The molecule has 0 spiro atoms. The highest BCUT2D eigenvalue weighted by Gasteiger charge is 2.36. The average Bonchev–Trinajstić information content (AvgIpc) is 1.62. The zero-order chi connectivity index (χ0) is 87.9. The zero-order valence-electron chi connectivity index (χ0n) is 73.2. The van der Waals surface area contributed by atoms with Crippen molar-refractivity contribution in [3.05, 3.63) is 160 Å². The standard InChI is InChI=1S/2C22H31N5O3S.2C21H29N5O3S/c2*1-5-18(26(2)3)19-13-20(24-27(19)4)31(29,30)25-22(28)23-21-16-10-6-8-14(16)12-15-9-7-11-17(15)21;2*1-13(25(2)3)18-12-19(23-26(18)4)30(28,29)24-21(27)22-20-16-9-5-7-14(16)11-15-8-6-10-17(15)20/h2*12-13,18H,5-11H2,1-4H3,(H2,23,25,28);2*11-13H,5-10H2,1-4H3,(H2,22,24,27)/t2*18-;2*13-/m1010/s1. The highest BCUT2D eigenvalue weighted by Crippen LogP contribution is 2.44. The van der Waals surface area contributed by atoms with E-state index in [1.54, 1.807) is 49.7 Å². The molecule has 4 atom stereocenters. The molecular formula is C86H120N20O12S4. The van der Waals surface area contributed by atoms with Crippen molar-refractivity contribution in [3.8, 4) is 0 Å². The molecule has 8 N–H and O–H groups in total. The lowest BCUT2D eigenvalue weighted by Gasteiger charge is -2.22. The van der Waals surface area contributed by atoms with E-state index < -0.39 is 64.2 Å². The second-order valence-corrected chi connectivity index (χ2v) is 40.9. The quantitative estimate of drug-likeness (QED) is 0.0312. The number of carbonyl (C=O) groups excluding carboxylic acids is 4. The van der Waals surface area contributed by atoms with Gasteiger partial charge in [-0.3, -0.25) is 18.7 Å². The zero-order valence-corrected chi connectivity index (χ0v) is 76.5. The molecule has 0 fully saturated rings. The lowest BCUT2D eigenvalue weighted by atomic mass is 9.99. The van der Waals surface area contributed by atoms with Crippen LogP contribution in [0.15, 0.2) is 68.6 Å². The van der Waals surface area contributed by atoms with Gasteiger partial charge in [0.1, 0.15) is 0 Å². The molecule has 8 aliphatic rings. The number of nitrogens with zero attached hydrogens (tertiary/aromatic N) is 12. The van der Waals surface area contributed by atoms with Crippen LogP contribution in [0, 0.1) is 0 Å². The Morgan fingerprint density at radius 1 is 0.303 bits per heavy atom. The molecule has 0 saturated carbocycles. The lowest BCUT2D eigenvalue weighted by Crippen LogP contribution is -2.35. The van der Waals surface area contributed by atoms with Gasteiger partial charge in [-0.05, 0) is 326 Å². The van der Waals surface area contributed by atoms with E-state index in [-0.39, 0.29) is 44.3 Å². The van der Waals surface area contributed by atoms with Crippen molar-refractivity contribution in [2.45, 2.75) is 239 Å². The van der Waals surface area contributed by atoms with Crippen LogP contribution in [0.25, 0.3) is 0 Å². The van der Waals surface area contributed by atoms with Gasteiger partial charge < -0.3 is 40.9 Å². The minimum atomic E-state index is -4.09. The summed E-state index contributed by atoms with van der Waals surface area (Å²) in [7, 11) is 5.91. The molecule has 0 radical (unpaired) electrons. The fraction of sp³-hybridized carbons (Fsp3) is 0.535. The normalized spacial score (nSPS) is 16.4. The minimum Gasteiger partial charge on any atom is -0.307 e. The van der Waals surface area contributed by atoms with Crippen LogP contribution in [0.4, 0.5) is 41.9 Å². The smallest absolute Gasteiger partial charge is 0.307 e. The van der Waals surface area contributed by atoms with Gasteiger partial charge in [0.15, 0.2) is 20.1 Å². The van der Waals surface area contributed by atoms with Crippen LogP contribution in [-0.2, 0) is 171 Å². The van der Waals surface area contributed by atoms with E-state index in [2.05, 4.69) is 84.8 Å². The number of fused-ring (bicyclic) bond motifs is 8. The third-order valence-electron chi connectivity index (χ3n) is 25.5. The number of aryl methyl sites for hydroxylation is 12. The number of aromatic nitrogens is 8. The van der Waals surface area contributed by atoms with E-state index in [9.17, 15) is 52.8 Å². The fourth-order valence-electron chi connectivity index (χ4n) is 19.1. The van der Waals surface area contributed by atoms with Crippen molar-refractivity contribution in [1.82, 2.24) is 77.6 Å². The number of nitrogens with one attached hydrogen (secondary N) is 8. The maximum absolute atomic E-state index is 12.9. The Balaban J connectivity index is 0.000000140. The first-order chi connectivity index (χ1) is 57.8. The first kappa shape index (κ1) is 90.2. The monoisotopic (exact) mass is 1750 g/mol. The summed E-state index contributed by atoms with van der Waals surface area (Å²) in [5.74, 6) is 0. The maximum Gasteiger partial charge on any atom is 0.333 e. The highest BCUT2D eigenvalue weighted by molar-refractivity contribution is 7.90. The molecule has 8 amide bonds. The number of hydrogen-bond acceptors (Lipinski definition) is 20. The van der Waals surface area contributed by atoms with Gasteiger partial charge in [-0.25, -0.2) is 38.1 Å². The van der Waals surface area contributed by atoms with Gasteiger partial charge in [0.05, 0.1) is 34.9 Å². The van der Waals surface area contributed by atoms with Crippen molar-refractivity contribution < 1.29 is 52.8 Å². The predicted molar refractivity (Wildman–Crippen MR) is 470 cm³/mol.